The van der Waals surface area contributed by atoms with Crippen LogP contribution < -0.4 is 10.7 Å². The number of hydrogen-bond donors (Lipinski definition) is 4. The van der Waals surface area contributed by atoms with Crippen LogP contribution in [-0.2, 0) is 17.8 Å². The number of carbonyl (C=O) groups is 2. The Labute approximate surface area is 166 Å². The number of phenolic OH excluding ortho intramolecular Hbond substituents is 2. The molecule has 10 heteroatoms. The highest BCUT2D eigenvalue weighted by molar-refractivity contribution is 6.06. The zero-order chi connectivity index (χ0) is 20.7. The molecule has 29 heavy (non-hydrogen) atoms. The highest BCUT2D eigenvalue weighted by Gasteiger charge is 2.41. The topological polar surface area (TPSA) is 131 Å². The van der Waals surface area contributed by atoms with Crippen LogP contribution in [0.25, 0.3) is 0 Å². The van der Waals surface area contributed by atoms with E-state index in [4.69, 9.17) is 4.52 Å². The predicted octanol–water partition coefficient (Wildman–Crippen LogP) is 1.03. The molecule has 0 bridgehead atoms. The first-order chi connectivity index (χ1) is 13.8. The number of phenols is 2. The number of aromatic hydroxyl groups is 2. The Balaban J connectivity index is 1.46. The van der Waals surface area contributed by atoms with E-state index in [0.29, 0.717) is 24.4 Å². The summed E-state index contributed by atoms with van der Waals surface area (Å²) >= 11 is 0. The van der Waals surface area contributed by atoms with Gasteiger partial charge >= 0.3 is 6.03 Å². The van der Waals surface area contributed by atoms with Gasteiger partial charge in [0.2, 0.25) is 0 Å². The van der Waals surface area contributed by atoms with Gasteiger partial charge in [-0.15, -0.1) is 0 Å². The quantitative estimate of drug-likeness (QED) is 0.433. The molecule has 4 N–H and O–H groups in total. The van der Waals surface area contributed by atoms with Gasteiger partial charge in [0.25, 0.3) is 5.91 Å². The van der Waals surface area contributed by atoms with E-state index in [9.17, 15) is 19.8 Å². The van der Waals surface area contributed by atoms with Crippen LogP contribution in [0, 0.1) is 13.8 Å². The summed E-state index contributed by atoms with van der Waals surface area (Å²) in [6.45, 7) is 4.51. The molecule has 1 fully saturated rings. The summed E-state index contributed by atoms with van der Waals surface area (Å²) in [4.78, 5) is 26.4. The molecule has 2 aliphatic heterocycles. The van der Waals surface area contributed by atoms with Gasteiger partial charge in [-0.1, -0.05) is 11.2 Å². The Morgan fingerprint density at radius 1 is 1.24 bits per heavy atom. The number of hydrogen-bond acceptors (Lipinski definition) is 8. The van der Waals surface area contributed by atoms with Crippen molar-refractivity contribution in [3.05, 3.63) is 52.7 Å². The lowest BCUT2D eigenvalue weighted by Gasteiger charge is -2.14. The number of imide groups is 1. The molecule has 10 nitrogen and oxygen atoms in total. The fourth-order valence-corrected chi connectivity index (χ4v) is 3.46. The molecule has 1 unspecified atom stereocenters. The number of urea groups is 1. The van der Waals surface area contributed by atoms with Crippen molar-refractivity contribution in [3.63, 3.8) is 0 Å². The molecule has 0 aliphatic carbocycles. The van der Waals surface area contributed by atoms with Crippen LogP contribution in [0.15, 0.2) is 34.6 Å². The first kappa shape index (κ1) is 18.8. The zero-order valence-electron chi connectivity index (χ0n) is 16.0. The second-order valence-electron chi connectivity index (χ2n) is 7.09. The Hall–Kier alpha value is -3.53. The normalized spacial score (nSPS) is 19.1. The van der Waals surface area contributed by atoms with Gasteiger partial charge in [0.15, 0.2) is 11.5 Å². The molecule has 4 rings (SSSR count). The van der Waals surface area contributed by atoms with Crippen molar-refractivity contribution >= 4 is 11.9 Å². The number of amides is 3. The second kappa shape index (κ2) is 7.13. The van der Waals surface area contributed by atoms with Crippen LogP contribution in [0.1, 0.15) is 22.6 Å². The average Bonchev–Trinajstić information content (AvgIpc) is 3.33. The van der Waals surface area contributed by atoms with E-state index in [-0.39, 0.29) is 23.8 Å². The summed E-state index contributed by atoms with van der Waals surface area (Å²) in [5, 5.41) is 27.4. The average molecular weight is 399 g/mol. The summed E-state index contributed by atoms with van der Waals surface area (Å²) in [7, 11) is 0. The molecular weight excluding hydrogens is 378 g/mol. The van der Waals surface area contributed by atoms with Gasteiger partial charge in [-0.05, 0) is 31.5 Å². The summed E-state index contributed by atoms with van der Waals surface area (Å²) in [6, 6.07) is 3.08. The fraction of sp³-hybridized carbons (Fsp3) is 0.316. The molecule has 2 aliphatic rings. The first-order valence-electron chi connectivity index (χ1n) is 9.11. The maximum atomic E-state index is 12.8. The third kappa shape index (κ3) is 3.49. The molecule has 3 heterocycles. The first-order valence-corrected chi connectivity index (χ1v) is 9.11. The Bertz CT molecular complexity index is 995. The maximum absolute atomic E-state index is 12.8. The highest BCUT2D eigenvalue weighted by atomic mass is 16.5. The second-order valence-corrected chi connectivity index (χ2v) is 7.09. The van der Waals surface area contributed by atoms with E-state index >= 15 is 0 Å². The third-order valence-corrected chi connectivity index (χ3v) is 5.06. The molecule has 2 aromatic rings. The number of rotatable bonds is 5. The number of nitrogens with one attached hydrogen (secondary N) is 2. The maximum Gasteiger partial charge on any atom is 0.329 e. The van der Waals surface area contributed by atoms with Crippen molar-refractivity contribution in [1.29, 1.82) is 0 Å². The van der Waals surface area contributed by atoms with Crippen molar-refractivity contribution in [2.75, 3.05) is 6.54 Å². The standard InChI is InChI=1S/C19H21N5O5/c1-10-14(11(2)29-22-10)9-23-8-13(7-20-23)24-18(27)15(21-19(24)28)5-12-3-4-16(25)17(26)6-12/h3-4,6,8,15,20,25-26H,5,7,9H2,1-2H3,(H,21,28). The molecule has 1 atom stereocenters. The molecule has 0 spiro atoms. The minimum absolute atomic E-state index is 0.207. The molecule has 152 valence electrons. The number of aryl methyl sites for hydroxylation is 2. The molecular formula is C19H21N5O5. The SMILES string of the molecule is Cc1noc(C)c1CN1C=C(N2C(=O)NC(Cc3ccc(O)c(O)c3)C2=O)CN1. The van der Waals surface area contributed by atoms with Crippen molar-refractivity contribution in [1.82, 2.24) is 25.8 Å². The Morgan fingerprint density at radius 3 is 2.72 bits per heavy atom. The highest BCUT2D eigenvalue weighted by Crippen LogP contribution is 2.27. The van der Waals surface area contributed by atoms with E-state index in [1.54, 1.807) is 17.3 Å². The lowest BCUT2D eigenvalue weighted by molar-refractivity contribution is -0.126. The van der Waals surface area contributed by atoms with E-state index in [0.717, 1.165) is 21.9 Å². The lowest BCUT2D eigenvalue weighted by Crippen LogP contribution is -2.34. The van der Waals surface area contributed by atoms with Gasteiger partial charge in [-0.3, -0.25) is 4.79 Å². The molecule has 0 saturated carbocycles. The lowest BCUT2D eigenvalue weighted by atomic mass is 10.1. The summed E-state index contributed by atoms with van der Waals surface area (Å²) in [6.07, 6.45) is 1.93. The number of hydrazine groups is 1. The Kier molecular flexibility index (Phi) is 4.63. The zero-order valence-corrected chi connectivity index (χ0v) is 16.0. The molecule has 1 aromatic carbocycles. The van der Waals surface area contributed by atoms with Crippen LogP contribution >= 0.6 is 0 Å². The van der Waals surface area contributed by atoms with Gasteiger partial charge in [0.1, 0.15) is 11.8 Å². The van der Waals surface area contributed by atoms with Gasteiger partial charge < -0.3 is 25.1 Å². The van der Waals surface area contributed by atoms with Gasteiger partial charge in [0.05, 0.1) is 24.5 Å². The van der Waals surface area contributed by atoms with Crippen LogP contribution in [0.5, 0.6) is 11.5 Å². The number of carbonyl (C=O) groups excluding carboxylic acids is 2. The van der Waals surface area contributed by atoms with Crippen molar-refractivity contribution in [3.8, 4) is 11.5 Å². The molecule has 0 radical (unpaired) electrons. The van der Waals surface area contributed by atoms with Gasteiger partial charge in [-0.2, -0.15) is 0 Å². The summed E-state index contributed by atoms with van der Waals surface area (Å²) < 4.78 is 5.17. The monoisotopic (exact) mass is 399 g/mol. The van der Waals surface area contributed by atoms with E-state index in [1.165, 1.54) is 12.1 Å². The Morgan fingerprint density at radius 2 is 2.03 bits per heavy atom. The van der Waals surface area contributed by atoms with Crippen LogP contribution in [0.2, 0.25) is 0 Å². The fourth-order valence-electron chi connectivity index (χ4n) is 3.46. The van der Waals surface area contributed by atoms with E-state index in [1.807, 2.05) is 13.8 Å². The van der Waals surface area contributed by atoms with E-state index < -0.39 is 12.1 Å². The minimum Gasteiger partial charge on any atom is -0.504 e. The minimum atomic E-state index is -0.746. The van der Waals surface area contributed by atoms with Crippen molar-refractivity contribution in [2.45, 2.75) is 32.9 Å². The van der Waals surface area contributed by atoms with Crippen LogP contribution in [0.3, 0.4) is 0 Å². The van der Waals surface area contributed by atoms with Crippen molar-refractivity contribution < 1.29 is 24.3 Å². The molecule has 1 saturated heterocycles. The van der Waals surface area contributed by atoms with Crippen molar-refractivity contribution in [2.24, 2.45) is 0 Å². The summed E-state index contributed by atoms with van der Waals surface area (Å²) in [5.74, 6) is -0.153. The number of aromatic nitrogens is 1. The predicted molar refractivity (Wildman–Crippen MR) is 100 cm³/mol. The van der Waals surface area contributed by atoms with Gasteiger partial charge in [0, 0.05) is 18.2 Å². The smallest absolute Gasteiger partial charge is 0.329 e. The van der Waals surface area contributed by atoms with E-state index in [2.05, 4.69) is 15.9 Å². The van der Waals surface area contributed by atoms with Crippen LogP contribution in [0.4, 0.5) is 4.79 Å². The molecule has 1 aromatic heterocycles. The number of benzene rings is 1. The van der Waals surface area contributed by atoms with Gasteiger partial charge in [-0.25, -0.2) is 15.1 Å². The van der Waals surface area contributed by atoms with Crippen LogP contribution in [-0.4, -0.2) is 49.8 Å². The summed E-state index contributed by atoms with van der Waals surface area (Å²) in [5.41, 5.74) is 6.03. The largest absolute Gasteiger partial charge is 0.504 e. The number of nitrogens with zero attached hydrogens (tertiary/aromatic N) is 3. The molecule has 3 amide bonds. The third-order valence-electron chi connectivity index (χ3n) is 5.06.